The quantitative estimate of drug-likeness (QED) is 0.590. The maximum Gasteiger partial charge on any atom is 0.291 e. The van der Waals surface area contributed by atoms with Gasteiger partial charge >= 0.3 is 0 Å². The fraction of sp³-hybridized carbons (Fsp3) is 0.200. The minimum atomic E-state index is -0.420. The zero-order chi connectivity index (χ0) is 19.0. The minimum absolute atomic E-state index is 0.127. The highest BCUT2D eigenvalue weighted by Gasteiger charge is 2.24. The molecule has 138 valence electrons. The Bertz CT molecular complexity index is 1040. The Kier molecular flexibility index (Phi) is 4.93. The molecule has 0 saturated carbocycles. The van der Waals surface area contributed by atoms with Crippen molar-refractivity contribution in [2.24, 2.45) is 0 Å². The Labute approximate surface area is 169 Å². The van der Waals surface area contributed by atoms with E-state index in [1.807, 2.05) is 18.2 Å². The van der Waals surface area contributed by atoms with Crippen LogP contribution in [-0.4, -0.2) is 29.8 Å². The molecule has 1 N–H and O–H groups in total. The van der Waals surface area contributed by atoms with Crippen LogP contribution in [0.1, 0.15) is 33.8 Å². The highest BCUT2D eigenvalue weighted by Crippen LogP contribution is 2.28. The molecule has 1 aromatic heterocycles. The van der Waals surface area contributed by atoms with Crippen molar-refractivity contribution in [3.63, 3.8) is 0 Å². The topological polar surface area (TPSA) is 62.6 Å². The van der Waals surface area contributed by atoms with Crippen LogP contribution >= 0.6 is 27.5 Å². The summed E-state index contributed by atoms with van der Waals surface area (Å²) < 4.78 is 6.45. The number of carbonyl (C=O) groups excluding carboxylic acids is 2. The van der Waals surface area contributed by atoms with Crippen LogP contribution in [0.4, 0.5) is 5.69 Å². The molecule has 27 heavy (non-hydrogen) atoms. The van der Waals surface area contributed by atoms with Crippen LogP contribution in [0.5, 0.6) is 0 Å². The second-order valence-electron chi connectivity index (χ2n) is 6.41. The van der Waals surface area contributed by atoms with Gasteiger partial charge in [0.2, 0.25) is 0 Å². The predicted molar refractivity (Wildman–Crippen MR) is 108 cm³/mol. The van der Waals surface area contributed by atoms with Crippen LogP contribution in [0, 0.1) is 0 Å². The molecule has 7 heteroatoms. The highest BCUT2D eigenvalue weighted by molar-refractivity contribution is 9.10. The normalized spacial score (nSPS) is 13.9. The Morgan fingerprint density at radius 3 is 2.63 bits per heavy atom. The van der Waals surface area contributed by atoms with Crippen LogP contribution in [0.15, 0.2) is 51.4 Å². The molecule has 1 aliphatic heterocycles. The van der Waals surface area contributed by atoms with Crippen LogP contribution in [0.3, 0.4) is 0 Å². The summed E-state index contributed by atoms with van der Waals surface area (Å²) in [5.41, 5.74) is 1.41. The molecule has 5 nitrogen and oxygen atoms in total. The van der Waals surface area contributed by atoms with Gasteiger partial charge in [0.1, 0.15) is 5.58 Å². The van der Waals surface area contributed by atoms with E-state index < -0.39 is 5.91 Å². The second kappa shape index (κ2) is 7.37. The number of nitrogens with one attached hydrogen (secondary N) is 1. The number of para-hydroxylation sites is 1. The van der Waals surface area contributed by atoms with E-state index in [2.05, 4.69) is 21.2 Å². The molecule has 1 fully saturated rings. The lowest BCUT2D eigenvalue weighted by atomic mass is 10.1. The summed E-state index contributed by atoms with van der Waals surface area (Å²) in [6, 6.07) is 12.1. The van der Waals surface area contributed by atoms with Crippen molar-refractivity contribution in [2.75, 3.05) is 18.4 Å². The second-order valence-corrected chi connectivity index (χ2v) is 7.70. The molecule has 0 bridgehead atoms. The first-order valence-electron chi connectivity index (χ1n) is 8.61. The van der Waals surface area contributed by atoms with Crippen LogP contribution in [-0.2, 0) is 0 Å². The van der Waals surface area contributed by atoms with Crippen LogP contribution < -0.4 is 5.32 Å². The molecule has 4 rings (SSSR count). The molecular formula is C20H16BrClN2O3. The SMILES string of the molecule is O=C(Nc1ccc(Cl)cc1C(=O)N1CCCC1)c1cc2cccc(Br)c2o1. The average molecular weight is 448 g/mol. The van der Waals surface area contributed by atoms with E-state index in [9.17, 15) is 9.59 Å². The largest absolute Gasteiger partial charge is 0.450 e. The van der Waals surface area contributed by atoms with Gasteiger partial charge in [-0.2, -0.15) is 0 Å². The van der Waals surface area contributed by atoms with Crippen molar-refractivity contribution in [1.82, 2.24) is 4.90 Å². The Hall–Kier alpha value is -2.31. The summed E-state index contributed by atoms with van der Waals surface area (Å²) in [7, 11) is 0. The number of benzene rings is 2. The molecule has 0 radical (unpaired) electrons. The molecule has 1 saturated heterocycles. The van der Waals surface area contributed by atoms with Gasteiger partial charge in [0.25, 0.3) is 11.8 Å². The number of hydrogen-bond donors (Lipinski definition) is 1. The van der Waals surface area contributed by atoms with Crippen molar-refractivity contribution in [1.29, 1.82) is 0 Å². The van der Waals surface area contributed by atoms with E-state index >= 15 is 0 Å². The minimum Gasteiger partial charge on any atom is -0.450 e. The zero-order valence-electron chi connectivity index (χ0n) is 14.3. The number of carbonyl (C=O) groups is 2. The summed E-state index contributed by atoms with van der Waals surface area (Å²) in [6.07, 6.45) is 1.98. The highest BCUT2D eigenvalue weighted by atomic mass is 79.9. The number of amides is 2. The smallest absolute Gasteiger partial charge is 0.291 e. The lowest BCUT2D eigenvalue weighted by Gasteiger charge is -2.18. The zero-order valence-corrected chi connectivity index (χ0v) is 16.6. The molecule has 0 aliphatic carbocycles. The molecular weight excluding hydrogens is 432 g/mol. The molecule has 2 aromatic carbocycles. The summed E-state index contributed by atoms with van der Waals surface area (Å²) in [6.45, 7) is 1.44. The van der Waals surface area contributed by atoms with E-state index in [1.54, 1.807) is 29.2 Å². The number of halogens is 2. The monoisotopic (exact) mass is 446 g/mol. The van der Waals surface area contributed by atoms with Crippen molar-refractivity contribution in [3.05, 3.63) is 63.3 Å². The standard InChI is InChI=1S/C20H16BrClN2O3/c21-15-5-3-4-12-10-17(27-18(12)15)19(25)23-16-7-6-13(22)11-14(16)20(26)24-8-1-2-9-24/h3-7,10-11H,1-2,8-9H2,(H,23,25). The number of likely N-dealkylation sites (tertiary alicyclic amines) is 1. The van der Waals surface area contributed by atoms with Gasteiger partial charge in [0, 0.05) is 23.5 Å². The number of anilines is 1. The Morgan fingerprint density at radius 1 is 1.11 bits per heavy atom. The fourth-order valence-electron chi connectivity index (χ4n) is 3.22. The van der Waals surface area contributed by atoms with E-state index in [4.69, 9.17) is 16.0 Å². The number of hydrogen-bond acceptors (Lipinski definition) is 3. The van der Waals surface area contributed by atoms with Crippen LogP contribution in [0.25, 0.3) is 11.0 Å². The molecule has 1 aliphatic rings. The first kappa shape index (κ1) is 18.1. The molecule has 2 heterocycles. The maximum atomic E-state index is 12.8. The van der Waals surface area contributed by atoms with Gasteiger partial charge in [-0.25, -0.2) is 0 Å². The third-order valence-corrected chi connectivity index (χ3v) is 5.43. The summed E-state index contributed by atoms with van der Waals surface area (Å²) in [4.78, 5) is 27.3. The predicted octanol–water partition coefficient (Wildman–Crippen LogP) is 5.34. The van der Waals surface area contributed by atoms with Crippen molar-refractivity contribution < 1.29 is 14.0 Å². The number of fused-ring (bicyclic) bond motifs is 1. The first-order chi connectivity index (χ1) is 13.0. The Balaban J connectivity index is 1.64. The van der Waals surface area contributed by atoms with E-state index in [-0.39, 0.29) is 11.7 Å². The van der Waals surface area contributed by atoms with Crippen molar-refractivity contribution >= 4 is 56.0 Å². The molecule has 0 atom stereocenters. The van der Waals surface area contributed by atoms with Gasteiger partial charge in [0.05, 0.1) is 15.7 Å². The van der Waals surface area contributed by atoms with Gasteiger partial charge in [-0.1, -0.05) is 23.7 Å². The first-order valence-corrected chi connectivity index (χ1v) is 9.78. The summed E-state index contributed by atoms with van der Waals surface area (Å²) >= 11 is 9.50. The van der Waals surface area contributed by atoms with E-state index in [0.717, 1.165) is 35.8 Å². The molecule has 2 amide bonds. The molecule has 0 spiro atoms. The van der Waals surface area contributed by atoms with Crippen LogP contribution in [0.2, 0.25) is 5.02 Å². The van der Waals surface area contributed by atoms with Gasteiger partial charge in [-0.15, -0.1) is 0 Å². The lowest BCUT2D eigenvalue weighted by molar-refractivity contribution is 0.0794. The third-order valence-electron chi connectivity index (χ3n) is 4.57. The lowest BCUT2D eigenvalue weighted by Crippen LogP contribution is -2.28. The average Bonchev–Trinajstić information content (AvgIpc) is 3.33. The van der Waals surface area contributed by atoms with E-state index in [0.29, 0.717) is 21.9 Å². The fourth-order valence-corrected chi connectivity index (χ4v) is 3.85. The van der Waals surface area contributed by atoms with Gasteiger partial charge in [-0.05, 0) is 59.1 Å². The maximum absolute atomic E-state index is 12.8. The van der Waals surface area contributed by atoms with Crippen molar-refractivity contribution in [3.8, 4) is 0 Å². The van der Waals surface area contributed by atoms with Gasteiger partial charge in [-0.3, -0.25) is 9.59 Å². The van der Waals surface area contributed by atoms with E-state index in [1.165, 1.54) is 0 Å². The van der Waals surface area contributed by atoms with Gasteiger partial charge < -0.3 is 14.6 Å². The van der Waals surface area contributed by atoms with Crippen molar-refractivity contribution in [2.45, 2.75) is 12.8 Å². The Morgan fingerprint density at radius 2 is 1.89 bits per heavy atom. The molecule has 0 unspecified atom stereocenters. The summed E-state index contributed by atoms with van der Waals surface area (Å²) in [5.74, 6) is -0.375. The van der Waals surface area contributed by atoms with Gasteiger partial charge in [0.15, 0.2) is 5.76 Å². The summed E-state index contributed by atoms with van der Waals surface area (Å²) in [5, 5.41) is 4.05. The number of nitrogens with zero attached hydrogens (tertiary/aromatic N) is 1. The molecule has 3 aromatic rings. The number of furan rings is 1. The number of rotatable bonds is 3. The third kappa shape index (κ3) is 3.59.